The summed E-state index contributed by atoms with van der Waals surface area (Å²) in [6, 6.07) is 9.66. The number of carbonyl (C=O) groups is 2. The molecule has 2 aliphatic heterocycles. The highest BCUT2D eigenvalue weighted by atomic mass is 32.1. The Kier molecular flexibility index (Phi) is 7.73. The summed E-state index contributed by atoms with van der Waals surface area (Å²) in [5.41, 5.74) is -0.261. The van der Waals surface area contributed by atoms with Crippen LogP contribution in [-0.4, -0.2) is 64.4 Å². The molecule has 1 spiro atoms. The number of nitrogens with zero attached hydrogens (tertiary/aromatic N) is 2. The summed E-state index contributed by atoms with van der Waals surface area (Å²) in [6.07, 6.45) is -0.0904. The molecule has 1 N–H and O–H groups in total. The lowest BCUT2D eigenvalue weighted by molar-refractivity contribution is -0.192. The molecule has 1 amide bonds. The monoisotopic (exact) mass is 472 g/mol. The summed E-state index contributed by atoms with van der Waals surface area (Å²) in [5, 5.41) is 9.14. The van der Waals surface area contributed by atoms with E-state index in [1.54, 1.807) is 17.5 Å². The molecule has 2 saturated heterocycles. The quantitative estimate of drug-likeness (QED) is 0.732. The Balaban J connectivity index is 0.000000360. The van der Waals surface area contributed by atoms with Crippen molar-refractivity contribution < 1.29 is 37.3 Å². The van der Waals surface area contributed by atoms with Gasteiger partial charge >= 0.3 is 12.1 Å². The molecule has 0 bridgehead atoms. The van der Waals surface area contributed by atoms with Crippen molar-refractivity contribution in [1.29, 1.82) is 0 Å². The number of ether oxygens (including phenoxy) is 2. The lowest BCUT2D eigenvalue weighted by atomic mass is 9.89. The van der Waals surface area contributed by atoms with E-state index < -0.39 is 12.1 Å². The van der Waals surface area contributed by atoms with Gasteiger partial charge in [-0.05, 0) is 30.4 Å². The molecule has 32 heavy (non-hydrogen) atoms. The number of aliphatic carboxylic acids is 1. The Morgan fingerprint density at radius 1 is 1.31 bits per heavy atom. The SMILES string of the molecule is O=C(Cc1cccs1)N1CCC[C@]2(C[C@H](Oc3ccccn3)CO2)C1.O=C(O)C(F)(F)F. The lowest BCUT2D eigenvalue weighted by Gasteiger charge is -2.39. The molecule has 0 aliphatic carbocycles. The van der Waals surface area contributed by atoms with Crippen LogP contribution in [0, 0.1) is 0 Å². The third kappa shape index (κ3) is 6.67. The number of alkyl halides is 3. The molecule has 0 unspecified atom stereocenters. The molecular formula is C21H23F3N2O5S. The number of halogens is 3. The van der Waals surface area contributed by atoms with E-state index in [1.807, 2.05) is 40.6 Å². The van der Waals surface area contributed by atoms with E-state index in [9.17, 15) is 18.0 Å². The number of carboxylic acids is 1. The van der Waals surface area contributed by atoms with E-state index in [4.69, 9.17) is 19.4 Å². The van der Waals surface area contributed by atoms with Gasteiger partial charge in [-0.15, -0.1) is 11.3 Å². The molecule has 7 nitrogen and oxygen atoms in total. The fourth-order valence-corrected chi connectivity index (χ4v) is 4.43. The summed E-state index contributed by atoms with van der Waals surface area (Å²) in [4.78, 5) is 28.8. The summed E-state index contributed by atoms with van der Waals surface area (Å²) in [7, 11) is 0. The maximum atomic E-state index is 12.6. The van der Waals surface area contributed by atoms with Crippen molar-refractivity contribution in [3.05, 3.63) is 46.8 Å². The standard InChI is InChI=1S/C19H22N2O3S.C2HF3O2/c22-18(11-16-5-3-10-25-16)21-9-4-7-19(14-21)12-15(13-23-19)24-17-6-1-2-8-20-17;3-2(4,5)1(6)7/h1-3,5-6,8,10,15H,4,7,9,11-14H2;(H,6,7)/t15-,19-;/m0./s1. The van der Waals surface area contributed by atoms with Crippen LogP contribution in [0.25, 0.3) is 0 Å². The average Bonchev–Trinajstić information content (AvgIpc) is 3.39. The Morgan fingerprint density at radius 3 is 2.72 bits per heavy atom. The first-order valence-electron chi connectivity index (χ1n) is 9.99. The van der Waals surface area contributed by atoms with Gasteiger partial charge in [0.1, 0.15) is 6.10 Å². The van der Waals surface area contributed by atoms with Gasteiger partial charge in [0.2, 0.25) is 11.8 Å². The zero-order valence-electron chi connectivity index (χ0n) is 17.1. The highest BCUT2D eigenvalue weighted by Crippen LogP contribution is 2.36. The number of hydrogen-bond acceptors (Lipinski definition) is 6. The largest absolute Gasteiger partial charge is 0.490 e. The fourth-order valence-electron chi connectivity index (χ4n) is 3.74. The first-order valence-corrected chi connectivity index (χ1v) is 10.9. The van der Waals surface area contributed by atoms with Gasteiger partial charge in [-0.1, -0.05) is 12.1 Å². The predicted octanol–water partition coefficient (Wildman–Crippen LogP) is 3.55. The summed E-state index contributed by atoms with van der Waals surface area (Å²) < 4.78 is 43.8. The zero-order chi connectivity index (χ0) is 23.2. The van der Waals surface area contributed by atoms with E-state index in [-0.39, 0.29) is 17.6 Å². The number of amides is 1. The van der Waals surface area contributed by atoms with Gasteiger partial charge in [0.25, 0.3) is 0 Å². The molecule has 174 valence electrons. The van der Waals surface area contributed by atoms with Crippen LogP contribution in [0.1, 0.15) is 24.1 Å². The van der Waals surface area contributed by atoms with E-state index in [0.29, 0.717) is 25.5 Å². The van der Waals surface area contributed by atoms with Crippen molar-refractivity contribution >= 4 is 23.2 Å². The second-order valence-electron chi connectivity index (χ2n) is 7.58. The van der Waals surface area contributed by atoms with Crippen LogP contribution in [0.2, 0.25) is 0 Å². The van der Waals surface area contributed by atoms with Gasteiger partial charge in [0, 0.05) is 36.7 Å². The van der Waals surface area contributed by atoms with Crippen LogP contribution in [0.15, 0.2) is 41.9 Å². The van der Waals surface area contributed by atoms with Crippen molar-refractivity contribution in [2.45, 2.75) is 43.6 Å². The average molecular weight is 472 g/mol. The molecule has 2 atom stereocenters. The third-order valence-electron chi connectivity index (χ3n) is 5.14. The number of hydrogen-bond donors (Lipinski definition) is 1. The second kappa shape index (κ2) is 10.3. The smallest absolute Gasteiger partial charge is 0.475 e. The number of aromatic nitrogens is 1. The normalized spacial score (nSPS) is 22.8. The highest BCUT2D eigenvalue weighted by molar-refractivity contribution is 7.10. The van der Waals surface area contributed by atoms with Gasteiger partial charge in [-0.25, -0.2) is 9.78 Å². The Morgan fingerprint density at radius 2 is 2.09 bits per heavy atom. The van der Waals surface area contributed by atoms with Crippen LogP contribution < -0.4 is 4.74 Å². The van der Waals surface area contributed by atoms with Crippen LogP contribution in [0.3, 0.4) is 0 Å². The Labute approximate surface area is 186 Å². The number of carboxylic acid groups (broad SMARTS) is 1. The third-order valence-corrected chi connectivity index (χ3v) is 6.02. The number of pyridine rings is 1. The minimum atomic E-state index is -5.08. The molecule has 0 aromatic carbocycles. The van der Waals surface area contributed by atoms with E-state index in [1.165, 1.54) is 0 Å². The molecular weight excluding hydrogens is 449 g/mol. The molecule has 4 rings (SSSR count). The number of likely N-dealkylation sites (tertiary alicyclic amines) is 1. The molecule has 2 aliphatic rings. The number of thiophene rings is 1. The van der Waals surface area contributed by atoms with Crippen LogP contribution in [0.4, 0.5) is 13.2 Å². The van der Waals surface area contributed by atoms with Gasteiger partial charge in [0.15, 0.2) is 0 Å². The van der Waals surface area contributed by atoms with Gasteiger partial charge < -0.3 is 19.5 Å². The van der Waals surface area contributed by atoms with Gasteiger partial charge in [-0.2, -0.15) is 13.2 Å². The van der Waals surface area contributed by atoms with E-state index >= 15 is 0 Å². The van der Waals surface area contributed by atoms with Gasteiger partial charge in [-0.3, -0.25) is 4.79 Å². The summed E-state index contributed by atoms with van der Waals surface area (Å²) in [5.74, 6) is -1.93. The minimum absolute atomic E-state index is 0.00208. The molecule has 0 saturated carbocycles. The topological polar surface area (TPSA) is 89.0 Å². The summed E-state index contributed by atoms with van der Waals surface area (Å²) >= 11 is 1.63. The Bertz CT molecular complexity index is 895. The number of carbonyl (C=O) groups excluding carboxylic acids is 1. The molecule has 0 radical (unpaired) electrons. The predicted molar refractivity (Wildman–Crippen MR) is 109 cm³/mol. The molecule has 2 aromatic heterocycles. The maximum absolute atomic E-state index is 12.6. The fraction of sp³-hybridized carbons (Fsp3) is 0.476. The molecule has 11 heteroatoms. The van der Waals surface area contributed by atoms with Crippen LogP contribution >= 0.6 is 11.3 Å². The lowest BCUT2D eigenvalue weighted by Crippen LogP contribution is -2.50. The summed E-state index contributed by atoms with van der Waals surface area (Å²) in [6.45, 7) is 2.05. The van der Waals surface area contributed by atoms with Crippen molar-refractivity contribution in [3.8, 4) is 5.88 Å². The minimum Gasteiger partial charge on any atom is -0.475 e. The van der Waals surface area contributed by atoms with E-state index in [0.717, 1.165) is 30.7 Å². The van der Waals surface area contributed by atoms with Crippen LogP contribution in [0.5, 0.6) is 5.88 Å². The first kappa shape index (κ1) is 24.0. The zero-order valence-corrected chi connectivity index (χ0v) is 17.9. The Hall–Kier alpha value is -2.66. The van der Waals surface area contributed by atoms with E-state index in [2.05, 4.69) is 4.98 Å². The van der Waals surface area contributed by atoms with Crippen molar-refractivity contribution in [2.75, 3.05) is 19.7 Å². The molecule has 2 aromatic rings. The van der Waals surface area contributed by atoms with Crippen molar-refractivity contribution in [1.82, 2.24) is 9.88 Å². The van der Waals surface area contributed by atoms with Crippen molar-refractivity contribution in [3.63, 3.8) is 0 Å². The second-order valence-corrected chi connectivity index (χ2v) is 8.62. The molecule has 4 heterocycles. The highest BCUT2D eigenvalue weighted by Gasteiger charge is 2.45. The van der Waals surface area contributed by atoms with Crippen LogP contribution in [-0.2, 0) is 20.7 Å². The molecule has 2 fully saturated rings. The number of piperidine rings is 1. The van der Waals surface area contributed by atoms with Gasteiger partial charge in [0.05, 0.1) is 18.6 Å². The number of rotatable bonds is 4. The maximum Gasteiger partial charge on any atom is 0.490 e. The first-order chi connectivity index (χ1) is 15.2. The van der Waals surface area contributed by atoms with Crippen molar-refractivity contribution in [2.24, 2.45) is 0 Å².